The summed E-state index contributed by atoms with van der Waals surface area (Å²) in [6, 6.07) is 33.4. The molecule has 0 atom stereocenters. The first-order valence-electron chi connectivity index (χ1n) is 8.94. The third-order valence-corrected chi connectivity index (χ3v) is 4.77. The van der Waals surface area contributed by atoms with E-state index in [4.69, 9.17) is 10.5 Å². The summed E-state index contributed by atoms with van der Waals surface area (Å²) in [7, 11) is 1.68. The van der Waals surface area contributed by atoms with Crippen LogP contribution in [-0.2, 0) is 0 Å². The number of hydrogen-bond acceptors (Lipinski definition) is 2. The summed E-state index contributed by atoms with van der Waals surface area (Å²) < 4.78 is 5.22. The predicted molar refractivity (Wildman–Crippen MR) is 114 cm³/mol. The van der Waals surface area contributed by atoms with Gasteiger partial charge in [-0.2, -0.15) is 0 Å². The normalized spacial score (nSPS) is 10.6. The Hall–Kier alpha value is -3.52. The molecule has 2 heteroatoms. The Morgan fingerprint density at radius 1 is 0.444 bits per heavy atom. The van der Waals surface area contributed by atoms with Crippen LogP contribution in [0.4, 0.5) is 5.69 Å². The third kappa shape index (κ3) is 3.70. The summed E-state index contributed by atoms with van der Waals surface area (Å²) in [5.41, 5.74) is 13.7. The molecule has 0 bridgehead atoms. The average Bonchev–Trinajstić information content (AvgIpc) is 2.75. The van der Waals surface area contributed by atoms with Crippen LogP contribution in [0.25, 0.3) is 33.4 Å². The summed E-state index contributed by atoms with van der Waals surface area (Å²) in [5, 5.41) is 0. The van der Waals surface area contributed by atoms with E-state index in [2.05, 4.69) is 60.7 Å². The highest BCUT2D eigenvalue weighted by Gasteiger charge is 2.03. The minimum atomic E-state index is 0.785. The second-order valence-electron chi connectivity index (χ2n) is 6.51. The van der Waals surface area contributed by atoms with Gasteiger partial charge in [0.25, 0.3) is 0 Å². The van der Waals surface area contributed by atoms with Crippen molar-refractivity contribution in [2.45, 2.75) is 0 Å². The number of methoxy groups -OCH3 is 1. The molecule has 0 saturated heterocycles. The molecule has 0 unspecified atom stereocenters. The van der Waals surface area contributed by atoms with Crippen LogP contribution >= 0.6 is 0 Å². The van der Waals surface area contributed by atoms with Crippen molar-refractivity contribution in [1.82, 2.24) is 0 Å². The Kier molecular flexibility index (Phi) is 4.63. The van der Waals surface area contributed by atoms with E-state index in [1.165, 1.54) is 33.4 Å². The van der Waals surface area contributed by atoms with E-state index in [-0.39, 0.29) is 0 Å². The first-order chi connectivity index (χ1) is 13.2. The number of benzene rings is 4. The molecule has 132 valence electrons. The van der Waals surface area contributed by atoms with E-state index in [1.807, 2.05) is 36.4 Å². The third-order valence-electron chi connectivity index (χ3n) is 4.77. The van der Waals surface area contributed by atoms with Crippen LogP contribution < -0.4 is 10.5 Å². The SMILES string of the molecule is COc1ccc(-c2ccc(-c3ccc(-c4ccc(N)cc4)cc3)cc2)cc1. The van der Waals surface area contributed by atoms with E-state index in [0.29, 0.717) is 0 Å². The number of anilines is 1. The van der Waals surface area contributed by atoms with E-state index >= 15 is 0 Å². The zero-order valence-electron chi connectivity index (χ0n) is 15.2. The van der Waals surface area contributed by atoms with Crippen molar-refractivity contribution in [3.63, 3.8) is 0 Å². The van der Waals surface area contributed by atoms with Crippen molar-refractivity contribution in [1.29, 1.82) is 0 Å². The Balaban J connectivity index is 1.55. The fraction of sp³-hybridized carbons (Fsp3) is 0.0400. The molecule has 2 nitrogen and oxygen atoms in total. The van der Waals surface area contributed by atoms with Crippen LogP contribution in [-0.4, -0.2) is 7.11 Å². The van der Waals surface area contributed by atoms with Gasteiger partial charge in [0.05, 0.1) is 7.11 Å². The summed E-state index contributed by atoms with van der Waals surface area (Å²) >= 11 is 0. The van der Waals surface area contributed by atoms with Crippen LogP contribution in [0.3, 0.4) is 0 Å². The minimum absolute atomic E-state index is 0.785. The summed E-state index contributed by atoms with van der Waals surface area (Å²) in [6.45, 7) is 0. The molecule has 0 saturated carbocycles. The quantitative estimate of drug-likeness (QED) is 0.439. The molecule has 0 aliphatic heterocycles. The van der Waals surface area contributed by atoms with Gasteiger partial charge in [-0.25, -0.2) is 0 Å². The van der Waals surface area contributed by atoms with Gasteiger partial charge in [-0.15, -0.1) is 0 Å². The lowest BCUT2D eigenvalue weighted by molar-refractivity contribution is 0.415. The summed E-state index contributed by atoms with van der Waals surface area (Å²) in [5.74, 6) is 0.872. The molecule has 0 aliphatic rings. The molecule has 0 radical (unpaired) electrons. The second-order valence-corrected chi connectivity index (χ2v) is 6.51. The highest BCUT2D eigenvalue weighted by atomic mass is 16.5. The van der Waals surface area contributed by atoms with E-state index in [0.717, 1.165) is 11.4 Å². The highest BCUT2D eigenvalue weighted by molar-refractivity contribution is 5.73. The maximum atomic E-state index is 5.77. The molecule has 27 heavy (non-hydrogen) atoms. The molecule has 0 aliphatic carbocycles. The van der Waals surface area contributed by atoms with Gasteiger partial charge in [-0.3, -0.25) is 0 Å². The lowest BCUT2D eigenvalue weighted by Gasteiger charge is -2.08. The van der Waals surface area contributed by atoms with Crippen molar-refractivity contribution < 1.29 is 4.74 Å². The molecule has 4 aromatic carbocycles. The monoisotopic (exact) mass is 351 g/mol. The van der Waals surface area contributed by atoms with Gasteiger partial charge in [0.15, 0.2) is 0 Å². The second kappa shape index (κ2) is 7.38. The van der Waals surface area contributed by atoms with Crippen LogP contribution in [0.2, 0.25) is 0 Å². The highest BCUT2D eigenvalue weighted by Crippen LogP contribution is 2.28. The number of rotatable bonds is 4. The van der Waals surface area contributed by atoms with Gasteiger partial charge in [-0.1, -0.05) is 72.8 Å². The van der Waals surface area contributed by atoms with Gasteiger partial charge < -0.3 is 10.5 Å². The Bertz CT molecular complexity index is 1020. The molecule has 2 N–H and O–H groups in total. The zero-order chi connectivity index (χ0) is 18.6. The predicted octanol–water partition coefficient (Wildman–Crippen LogP) is 6.28. The fourth-order valence-electron chi connectivity index (χ4n) is 3.17. The Morgan fingerprint density at radius 2 is 0.704 bits per heavy atom. The standard InChI is InChI=1S/C25H21NO/c1-27-25-16-12-23(13-17-25)21-8-4-19(5-9-21)18-2-6-20(7-3-18)22-10-14-24(26)15-11-22/h2-17H,26H2,1H3. The van der Waals surface area contributed by atoms with E-state index in [9.17, 15) is 0 Å². The number of ether oxygens (including phenoxy) is 1. The fourth-order valence-corrected chi connectivity index (χ4v) is 3.17. The molecule has 0 fully saturated rings. The van der Waals surface area contributed by atoms with Gasteiger partial charge in [0.2, 0.25) is 0 Å². The molecule has 4 rings (SSSR count). The van der Waals surface area contributed by atoms with E-state index < -0.39 is 0 Å². The lowest BCUT2D eigenvalue weighted by Crippen LogP contribution is -1.85. The van der Waals surface area contributed by atoms with Crippen LogP contribution in [0, 0.1) is 0 Å². The van der Waals surface area contributed by atoms with Gasteiger partial charge in [0, 0.05) is 5.69 Å². The van der Waals surface area contributed by atoms with Crippen molar-refractivity contribution in [3.8, 4) is 39.1 Å². The topological polar surface area (TPSA) is 35.2 Å². The molecule has 4 aromatic rings. The molecule has 0 amide bonds. The minimum Gasteiger partial charge on any atom is -0.497 e. The van der Waals surface area contributed by atoms with Crippen LogP contribution in [0.5, 0.6) is 5.75 Å². The summed E-state index contributed by atoms with van der Waals surface area (Å²) in [6.07, 6.45) is 0. The van der Waals surface area contributed by atoms with Gasteiger partial charge in [0.1, 0.15) is 5.75 Å². The smallest absolute Gasteiger partial charge is 0.118 e. The van der Waals surface area contributed by atoms with Crippen molar-refractivity contribution in [3.05, 3.63) is 97.1 Å². The number of nitrogen functional groups attached to an aromatic ring is 1. The largest absolute Gasteiger partial charge is 0.497 e. The van der Waals surface area contributed by atoms with Crippen LogP contribution in [0.15, 0.2) is 97.1 Å². The van der Waals surface area contributed by atoms with Gasteiger partial charge in [-0.05, 0) is 57.6 Å². The number of nitrogens with two attached hydrogens (primary N) is 1. The Labute approximate surface area is 159 Å². The van der Waals surface area contributed by atoms with Gasteiger partial charge >= 0.3 is 0 Å². The lowest BCUT2D eigenvalue weighted by atomic mass is 9.98. The maximum Gasteiger partial charge on any atom is 0.118 e. The van der Waals surface area contributed by atoms with E-state index in [1.54, 1.807) is 7.11 Å². The van der Waals surface area contributed by atoms with Crippen molar-refractivity contribution in [2.24, 2.45) is 0 Å². The Morgan fingerprint density at radius 3 is 1.00 bits per heavy atom. The maximum absolute atomic E-state index is 5.77. The molecule has 0 aromatic heterocycles. The molecule has 0 heterocycles. The molecular formula is C25H21NO. The number of hydrogen-bond donors (Lipinski definition) is 1. The first-order valence-corrected chi connectivity index (χ1v) is 8.94. The average molecular weight is 351 g/mol. The summed E-state index contributed by atoms with van der Waals surface area (Å²) in [4.78, 5) is 0. The van der Waals surface area contributed by atoms with Crippen molar-refractivity contribution >= 4 is 5.69 Å². The van der Waals surface area contributed by atoms with Crippen molar-refractivity contribution in [2.75, 3.05) is 12.8 Å². The van der Waals surface area contributed by atoms with Crippen LogP contribution in [0.1, 0.15) is 0 Å². The molecular weight excluding hydrogens is 330 g/mol. The molecule has 0 spiro atoms. The zero-order valence-corrected chi connectivity index (χ0v) is 15.2. The first kappa shape index (κ1) is 16.9.